The Kier molecular flexibility index (Phi) is 11.5. The number of esters is 1. The number of anilines is 2. The van der Waals surface area contributed by atoms with Crippen molar-refractivity contribution in [3.8, 4) is 28.4 Å². The number of rotatable bonds is 12. The molecule has 1 aromatic heterocycles. The monoisotopic (exact) mass is 670 g/mol. The first-order valence-corrected chi connectivity index (χ1v) is 16.7. The Balaban J connectivity index is 1.80. The van der Waals surface area contributed by atoms with Gasteiger partial charge in [-0.1, -0.05) is 6.07 Å². The van der Waals surface area contributed by atoms with Crippen LogP contribution in [-0.2, 0) is 20.7 Å². The normalized spacial score (nSPS) is 14.1. The lowest BCUT2D eigenvalue weighted by Gasteiger charge is -2.19. The Labute approximate surface area is 275 Å². The summed E-state index contributed by atoms with van der Waals surface area (Å²) in [5, 5.41) is 9.17. The predicted octanol–water partition coefficient (Wildman–Crippen LogP) is 4.59. The van der Waals surface area contributed by atoms with E-state index < -0.39 is 24.0 Å². The highest BCUT2D eigenvalue weighted by atomic mass is 32.2. The highest BCUT2D eigenvalue weighted by Gasteiger charge is 2.30. The van der Waals surface area contributed by atoms with Gasteiger partial charge in [0.1, 0.15) is 6.04 Å². The van der Waals surface area contributed by atoms with E-state index in [0.29, 0.717) is 58.3 Å². The van der Waals surface area contributed by atoms with Crippen LogP contribution in [0.5, 0.6) is 17.2 Å². The van der Waals surface area contributed by atoms with Crippen molar-refractivity contribution in [2.75, 3.05) is 51.1 Å². The predicted molar refractivity (Wildman–Crippen MR) is 180 cm³/mol. The summed E-state index contributed by atoms with van der Waals surface area (Å²) in [5.74, 6) is 0.746. The minimum absolute atomic E-state index is 0.133. The van der Waals surface area contributed by atoms with Crippen LogP contribution in [0.4, 0.5) is 10.8 Å². The summed E-state index contributed by atoms with van der Waals surface area (Å²) in [5.41, 5.74) is 2.88. The Morgan fingerprint density at radius 2 is 1.83 bits per heavy atom. The molecular formula is C32H38N4O8S2. The zero-order valence-corrected chi connectivity index (χ0v) is 28.5. The molecule has 0 fully saturated rings. The molecule has 2 amide bonds. The minimum atomic E-state index is -0.801. The molecule has 1 aliphatic rings. The van der Waals surface area contributed by atoms with E-state index in [1.54, 1.807) is 37.9 Å². The molecule has 0 spiro atoms. The largest absolute Gasteiger partial charge is 0.493 e. The Morgan fingerprint density at radius 1 is 1.09 bits per heavy atom. The number of nitrogens with zero attached hydrogens (tertiary/aromatic N) is 1. The van der Waals surface area contributed by atoms with Crippen LogP contribution in [0.15, 0.2) is 29.1 Å². The third kappa shape index (κ3) is 7.39. The second-order valence-electron chi connectivity index (χ2n) is 10.5. The van der Waals surface area contributed by atoms with Crippen LogP contribution in [0, 0.1) is 6.92 Å². The van der Waals surface area contributed by atoms with Gasteiger partial charge in [-0.15, -0.1) is 11.3 Å². The second-order valence-corrected chi connectivity index (χ2v) is 12.7. The van der Waals surface area contributed by atoms with E-state index in [4.69, 9.17) is 18.9 Å². The van der Waals surface area contributed by atoms with Gasteiger partial charge in [-0.05, 0) is 73.1 Å². The van der Waals surface area contributed by atoms with E-state index in [-0.39, 0.29) is 27.8 Å². The molecule has 3 aromatic rings. The van der Waals surface area contributed by atoms with E-state index in [2.05, 4.69) is 20.9 Å². The van der Waals surface area contributed by atoms with Crippen molar-refractivity contribution in [2.45, 2.75) is 45.2 Å². The van der Waals surface area contributed by atoms with Gasteiger partial charge in [0, 0.05) is 17.4 Å². The first-order valence-electron chi connectivity index (χ1n) is 14.5. The van der Waals surface area contributed by atoms with Crippen LogP contribution < -0.4 is 35.6 Å². The SMILES string of the molecule is COC(=O)c1nc(NC(=O)[C@H](CCSC)Nc2ccc3c(cc2=O)[C@H](NC(C)=O)CCc2cc(OC)c(OC)c(OC)c2-3)sc1C. The molecular weight excluding hydrogens is 633 g/mol. The standard InChI is InChI=1S/C32H38N4O8S2/c1-16-27(31(40)44-6)35-32(46-16)36-30(39)23(12-13-45-7)34-22-11-9-19-20(15-24(22)38)21(33-17(2)37)10-8-18-14-25(41-3)28(42-4)29(43-5)26(18)19/h9,11,14-15,21,23H,8,10,12-13H2,1-7H3,(H,33,37)(H,34,38)(H,35,36,39)/t21-,23+/m1/s1. The number of hydrogen-bond donors (Lipinski definition) is 3. The van der Waals surface area contributed by atoms with Crippen molar-refractivity contribution in [2.24, 2.45) is 0 Å². The molecule has 0 saturated carbocycles. The van der Waals surface area contributed by atoms with Gasteiger partial charge in [-0.2, -0.15) is 11.8 Å². The van der Waals surface area contributed by atoms with Gasteiger partial charge in [0.25, 0.3) is 0 Å². The summed E-state index contributed by atoms with van der Waals surface area (Å²) in [4.78, 5) is 56.4. The number of aromatic nitrogens is 1. The van der Waals surface area contributed by atoms with Crippen LogP contribution in [-0.4, -0.2) is 69.3 Å². The number of carbonyl (C=O) groups is 3. The molecule has 46 heavy (non-hydrogen) atoms. The van der Waals surface area contributed by atoms with Crippen molar-refractivity contribution in [3.05, 3.63) is 56.2 Å². The minimum Gasteiger partial charge on any atom is -0.493 e. The van der Waals surface area contributed by atoms with Gasteiger partial charge in [0.05, 0.1) is 40.2 Å². The first-order chi connectivity index (χ1) is 22.1. The Hall–Kier alpha value is -4.30. The molecule has 3 N–H and O–H groups in total. The molecule has 14 heteroatoms. The van der Waals surface area contributed by atoms with Gasteiger partial charge in [-0.3, -0.25) is 14.4 Å². The highest BCUT2D eigenvalue weighted by Crippen LogP contribution is 2.50. The number of methoxy groups -OCH3 is 4. The van der Waals surface area contributed by atoms with E-state index >= 15 is 0 Å². The Bertz CT molecular complexity index is 1690. The summed E-state index contributed by atoms with van der Waals surface area (Å²) in [6, 6.07) is 5.55. The lowest BCUT2D eigenvalue weighted by atomic mass is 9.95. The van der Waals surface area contributed by atoms with Crippen molar-refractivity contribution in [1.82, 2.24) is 10.3 Å². The summed E-state index contributed by atoms with van der Waals surface area (Å²) < 4.78 is 21.9. The number of aryl methyl sites for hydroxylation is 2. The zero-order valence-electron chi connectivity index (χ0n) is 26.8. The molecule has 0 aliphatic heterocycles. The summed E-state index contributed by atoms with van der Waals surface area (Å²) in [6.07, 6.45) is 3.42. The molecule has 246 valence electrons. The Morgan fingerprint density at radius 3 is 2.46 bits per heavy atom. The smallest absolute Gasteiger partial charge is 0.357 e. The summed E-state index contributed by atoms with van der Waals surface area (Å²) in [6.45, 7) is 3.15. The van der Waals surface area contributed by atoms with Crippen molar-refractivity contribution in [1.29, 1.82) is 0 Å². The molecule has 0 bridgehead atoms. The van der Waals surface area contributed by atoms with Crippen LogP contribution >= 0.6 is 23.1 Å². The number of nitrogens with one attached hydrogen (secondary N) is 3. The lowest BCUT2D eigenvalue weighted by Crippen LogP contribution is -2.36. The van der Waals surface area contributed by atoms with E-state index in [1.807, 2.05) is 12.3 Å². The molecule has 0 saturated heterocycles. The fourth-order valence-corrected chi connectivity index (χ4v) is 6.72. The molecule has 0 radical (unpaired) electrons. The highest BCUT2D eigenvalue weighted by molar-refractivity contribution is 7.98. The number of ether oxygens (including phenoxy) is 4. The number of fused-ring (bicyclic) bond motifs is 3. The van der Waals surface area contributed by atoms with E-state index in [1.165, 1.54) is 34.3 Å². The zero-order chi connectivity index (χ0) is 33.5. The van der Waals surface area contributed by atoms with Crippen LogP contribution in [0.25, 0.3) is 11.1 Å². The van der Waals surface area contributed by atoms with Gasteiger partial charge in [-0.25, -0.2) is 9.78 Å². The maximum Gasteiger partial charge on any atom is 0.357 e. The fraction of sp³-hybridized carbons (Fsp3) is 0.406. The summed E-state index contributed by atoms with van der Waals surface area (Å²) in [7, 11) is 5.88. The van der Waals surface area contributed by atoms with Gasteiger partial charge in [0.15, 0.2) is 22.3 Å². The fourth-order valence-electron chi connectivity index (χ4n) is 5.45. The molecule has 0 unspecified atom stereocenters. The third-order valence-corrected chi connectivity index (χ3v) is 9.11. The average Bonchev–Trinajstić information content (AvgIpc) is 3.24. The van der Waals surface area contributed by atoms with Gasteiger partial charge >= 0.3 is 5.97 Å². The number of hydrogen-bond acceptors (Lipinski definition) is 12. The number of amides is 2. The summed E-state index contributed by atoms with van der Waals surface area (Å²) >= 11 is 2.72. The van der Waals surface area contributed by atoms with Gasteiger partial charge < -0.3 is 34.9 Å². The van der Waals surface area contributed by atoms with Crippen LogP contribution in [0.1, 0.15) is 52.3 Å². The number of thioether (sulfide) groups is 1. The topological polar surface area (TPSA) is 154 Å². The van der Waals surface area contributed by atoms with Crippen molar-refractivity contribution in [3.63, 3.8) is 0 Å². The average molecular weight is 671 g/mol. The van der Waals surface area contributed by atoms with E-state index in [9.17, 15) is 19.2 Å². The third-order valence-electron chi connectivity index (χ3n) is 7.58. The second kappa shape index (κ2) is 15.3. The molecule has 2 atom stereocenters. The van der Waals surface area contributed by atoms with Crippen molar-refractivity contribution >= 4 is 51.7 Å². The van der Waals surface area contributed by atoms with Gasteiger partial charge in [0.2, 0.25) is 23.0 Å². The molecule has 1 aliphatic carbocycles. The molecule has 12 nitrogen and oxygen atoms in total. The molecule has 1 heterocycles. The van der Waals surface area contributed by atoms with E-state index in [0.717, 1.165) is 22.5 Å². The molecule has 4 rings (SSSR count). The van der Waals surface area contributed by atoms with Crippen LogP contribution in [0.2, 0.25) is 0 Å². The number of carbonyl (C=O) groups excluding carboxylic acids is 3. The lowest BCUT2D eigenvalue weighted by molar-refractivity contribution is -0.120. The maximum absolute atomic E-state index is 13.8. The number of benzene rings is 1. The van der Waals surface area contributed by atoms with Crippen molar-refractivity contribution < 1.29 is 33.3 Å². The first kappa shape index (κ1) is 34.6. The molecule has 2 aromatic carbocycles. The number of thiazole rings is 1. The maximum atomic E-state index is 13.8. The quantitative estimate of drug-likeness (QED) is 0.232. The van der Waals surface area contributed by atoms with Crippen LogP contribution in [0.3, 0.4) is 0 Å².